The van der Waals surface area contributed by atoms with Crippen LogP contribution in [-0.2, 0) is 15.9 Å². The van der Waals surface area contributed by atoms with Crippen LogP contribution in [-0.4, -0.2) is 30.3 Å². The quantitative estimate of drug-likeness (QED) is 0.718. The van der Waals surface area contributed by atoms with Crippen LogP contribution in [0.2, 0.25) is 0 Å². The smallest absolute Gasteiger partial charge is 0.360 e. The van der Waals surface area contributed by atoms with Crippen LogP contribution in [0.3, 0.4) is 0 Å². The Morgan fingerprint density at radius 3 is 2.81 bits per heavy atom. The summed E-state index contributed by atoms with van der Waals surface area (Å²) in [6.07, 6.45) is 1.71. The predicted octanol–water partition coefficient (Wildman–Crippen LogP) is 1.82. The Kier molecular flexibility index (Phi) is 4.06. The van der Waals surface area contributed by atoms with E-state index in [0.29, 0.717) is 18.8 Å². The van der Waals surface area contributed by atoms with Crippen molar-refractivity contribution in [3.63, 3.8) is 0 Å². The second-order valence-electron chi connectivity index (χ2n) is 3.99. The fraction of sp³-hybridized carbons (Fsp3) is 0.636. The number of oxazole rings is 1. The number of methoxy groups -OCH3 is 1. The molecule has 0 aliphatic heterocycles. The first kappa shape index (κ1) is 12.7. The summed E-state index contributed by atoms with van der Waals surface area (Å²) in [6.45, 7) is 5.88. The zero-order valence-electron chi connectivity index (χ0n) is 10.1. The second-order valence-corrected chi connectivity index (χ2v) is 3.99. The molecule has 1 aromatic heterocycles. The lowest BCUT2D eigenvalue weighted by Crippen LogP contribution is -2.26. The van der Waals surface area contributed by atoms with Gasteiger partial charge in [0.2, 0.25) is 0 Å². The van der Waals surface area contributed by atoms with E-state index in [1.165, 1.54) is 6.39 Å². The van der Waals surface area contributed by atoms with Crippen molar-refractivity contribution in [2.24, 2.45) is 0 Å². The summed E-state index contributed by atoms with van der Waals surface area (Å²) >= 11 is 0. The molecular weight excluding hydrogens is 210 g/mol. The Hall–Kier alpha value is -1.36. The molecule has 5 nitrogen and oxygen atoms in total. The second kappa shape index (κ2) is 5.12. The van der Waals surface area contributed by atoms with Crippen molar-refractivity contribution in [3.05, 3.63) is 17.8 Å². The lowest BCUT2D eigenvalue weighted by molar-refractivity contribution is 0.0186. The Balaban J connectivity index is 2.82. The summed E-state index contributed by atoms with van der Waals surface area (Å²) in [5, 5.41) is 0. The molecule has 0 aliphatic rings. The molecule has 1 aromatic rings. The maximum Gasteiger partial charge on any atom is 0.360 e. The van der Waals surface area contributed by atoms with Gasteiger partial charge in [-0.1, -0.05) is 0 Å². The fourth-order valence-corrected chi connectivity index (χ4v) is 1.22. The molecule has 1 heterocycles. The van der Waals surface area contributed by atoms with E-state index in [2.05, 4.69) is 4.98 Å². The van der Waals surface area contributed by atoms with Crippen LogP contribution < -0.4 is 0 Å². The molecule has 0 spiro atoms. The number of esters is 1. The summed E-state index contributed by atoms with van der Waals surface area (Å²) in [6, 6.07) is 0. The van der Waals surface area contributed by atoms with Crippen molar-refractivity contribution in [1.82, 2.24) is 4.98 Å². The van der Waals surface area contributed by atoms with Gasteiger partial charge < -0.3 is 13.9 Å². The van der Waals surface area contributed by atoms with E-state index in [0.717, 1.165) is 0 Å². The number of ether oxygens (including phenoxy) is 2. The lowest BCUT2D eigenvalue weighted by atomic mass is 10.0. The highest BCUT2D eigenvalue weighted by atomic mass is 16.5. The van der Waals surface area contributed by atoms with E-state index in [1.807, 2.05) is 13.8 Å². The normalized spacial score (nSPS) is 11.5. The van der Waals surface area contributed by atoms with Crippen molar-refractivity contribution in [1.29, 1.82) is 0 Å². The highest BCUT2D eigenvalue weighted by molar-refractivity contribution is 5.88. The zero-order valence-corrected chi connectivity index (χ0v) is 10.1. The van der Waals surface area contributed by atoms with Gasteiger partial charge in [-0.2, -0.15) is 0 Å². The van der Waals surface area contributed by atoms with Crippen LogP contribution in [0.5, 0.6) is 0 Å². The van der Waals surface area contributed by atoms with E-state index in [1.54, 1.807) is 14.0 Å². The van der Waals surface area contributed by atoms with Crippen LogP contribution in [0.1, 0.15) is 37.0 Å². The van der Waals surface area contributed by atoms with E-state index < -0.39 is 11.6 Å². The summed E-state index contributed by atoms with van der Waals surface area (Å²) in [5.41, 5.74) is -0.173. The zero-order chi connectivity index (χ0) is 12.2. The van der Waals surface area contributed by atoms with E-state index >= 15 is 0 Å². The third-order valence-electron chi connectivity index (χ3n) is 2.25. The number of nitrogens with zero attached hydrogens (tertiary/aromatic N) is 1. The summed E-state index contributed by atoms with van der Waals surface area (Å²) in [7, 11) is 1.61. The van der Waals surface area contributed by atoms with Crippen LogP contribution >= 0.6 is 0 Å². The Morgan fingerprint density at radius 1 is 1.56 bits per heavy atom. The minimum atomic E-state index is -0.460. The maximum absolute atomic E-state index is 11.5. The molecule has 1 rings (SSSR count). The molecule has 0 radical (unpaired) electrons. The van der Waals surface area contributed by atoms with Crippen molar-refractivity contribution in [2.45, 2.75) is 32.8 Å². The highest BCUT2D eigenvalue weighted by Crippen LogP contribution is 2.19. The minimum absolute atomic E-state index is 0.229. The van der Waals surface area contributed by atoms with Crippen LogP contribution in [0.15, 0.2) is 10.8 Å². The standard InChI is InChI=1S/C11H17NO4/c1-5-15-10(13)9-8(16-7-12-9)6-11(2,3)14-4/h7H,5-6H2,1-4H3. The van der Waals surface area contributed by atoms with Crippen molar-refractivity contribution < 1.29 is 18.7 Å². The van der Waals surface area contributed by atoms with Crippen LogP contribution in [0, 0.1) is 0 Å². The minimum Gasteiger partial charge on any atom is -0.461 e. The predicted molar refractivity (Wildman–Crippen MR) is 57.3 cm³/mol. The molecule has 0 amide bonds. The first-order valence-corrected chi connectivity index (χ1v) is 5.15. The Morgan fingerprint density at radius 2 is 2.25 bits per heavy atom. The Labute approximate surface area is 94.8 Å². The SMILES string of the molecule is CCOC(=O)c1ncoc1CC(C)(C)OC. The molecule has 0 saturated carbocycles. The lowest BCUT2D eigenvalue weighted by Gasteiger charge is -2.21. The molecule has 0 aliphatic carbocycles. The molecule has 0 atom stereocenters. The molecule has 0 N–H and O–H groups in total. The molecule has 0 fully saturated rings. The van der Waals surface area contributed by atoms with Crippen LogP contribution in [0.4, 0.5) is 0 Å². The van der Waals surface area contributed by atoms with Gasteiger partial charge in [-0.25, -0.2) is 9.78 Å². The van der Waals surface area contributed by atoms with Gasteiger partial charge in [-0.15, -0.1) is 0 Å². The average Bonchev–Trinajstić information content (AvgIpc) is 2.65. The van der Waals surface area contributed by atoms with Gasteiger partial charge in [-0.3, -0.25) is 0 Å². The molecule has 90 valence electrons. The van der Waals surface area contributed by atoms with Gasteiger partial charge in [0.15, 0.2) is 12.1 Å². The van der Waals surface area contributed by atoms with E-state index in [4.69, 9.17) is 13.9 Å². The number of rotatable bonds is 5. The summed E-state index contributed by atoms with van der Waals surface area (Å²) < 4.78 is 15.3. The van der Waals surface area contributed by atoms with Gasteiger partial charge in [0.25, 0.3) is 0 Å². The third kappa shape index (κ3) is 3.06. The van der Waals surface area contributed by atoms with E-state index in [9.17, 15) is 4.79 Å². The first-order valence-electron chi connectivity index (χ1n) is 5.15. The maximum atomic E-state index is 11.5. The van der Waals surface area contributed by atoms with Crippen molar-refractivity contribution in [3.8, 4) is 0 Å². The molecule has 5 heteroatoms. The van der Waals surface area contributed by atoms with Crippen LogP contribution in [0.25, 0.3) is 0 Å². The van der Waals surface area contributed by atoms with Gasteiger partial charge in [0.05, 0.1) is 12.2 Å². The molecule has 0 bridgehead atoms. The summed E-state index contributed by atoms with van der Waals surface area (Å²) in [4.78, 5) is 15.4. The largest absolute Gasteiger partial charge is 0.461 e. The van der Waals surface area contributed by atoms with Crippen molar-refractivity contribution in [2.75, 3.05) is 13.7 Å². The van der Waals surface area contributed by atoms with Crippen molar-refractivity contribution >= 4 is 5.97 Å². The van der Waals surface area contributed by atoms with Gasteiger partial charge in [0.1, 0.15) is 5.76 Å². The molecule has 0 saturated heterocycles. The van der Waals surface area contributed by atoms with E-state index in [-0.39, 0.29) is 5.69 Å². The molecule has 0 aromatic carbocycles. The van der Waals surface area contributed by atoms with Gasteiger partial charge in [-0.05, 0) is 20.8 Å². The number of carbonyl (C=O) groups excluding carboxylic acids is 1. The first-order chi connectivity index (χ1) is 7.50. The van der Waals surface area contributed by atoms with Gasteiger partial charge >= 0.3 is 5.97 Å². The fourth-order valence-electron chi connectivity index (χ4n) is 1.22. The third-order valence-corrected chi connectivity index (χ3v) is 2.25. The Bertz CT molecular complexity index is 357. The highest BCUT2D eigenvalue weighted by Gasteiger charge is 2.25. The molecule has 0 unspecified atom stereocenters. The molecular formula is C11H17NO4. The number of carbonyl (C=O) groups is 1. The number of hydrogen-bond donors (Lipinski definition) is 0. The van der Waals surface area contributed by atoms with Gasteiger partial charge in [0, 0.05) is 13.5 Å². The average molecular weight is 227 g/mol. The summed E-state index contributed by atoms with van der Waals surface area (Å²) in [5.74, 6) is 0.0310. The molecule has 16 heavy (non-hydrogen) atoms. The monoisotopic (exact) mass is 227 g/mol. The number of aromatic nitrogens is 1. The number of hydrogen-bond acceptors (Lipinski definition) is 5. The topological polar surface area (TPSA) is 61.6 Å².